The lowest BCUT2D eigenvalue weighted by atomic mass is 9.80. The van der Waals surface area contributed by atoms with Gasteiger partial charge in [-0.1, -0.05) is 30.3 Å². The zero-order valence-electron chi connectivity index (χ0n) is 32.6. The Kier molecular flexibility index (Phi) is 9.23. The molecule has 1 N–H and O–H groups in total. The maximum Gasteiger partial charge on any atom is 0.319 e. The van der Waals surface area contributed by atoms with Gasteiger partial charge in [-0.2, -0.15) is 15.1 Å². The summed E-state index contributed by atoms with van der Waals surface area (Å²) >= 11 is 0. The Labute approximate surface area is 327 Å². The minimum Gasteiger partial charge on any atom is -0.461 e. The number of pyridine rings is 1. The molecule has 5 aromatic rings. The van der Waals surface area contributed by atoms with Gasteiger partial charge >= 0.3 is 6.01 Å². The minimum atomic E-state index is -0.899. The van der Waals surface area contributed by atoms with E-state index in [1.165, 1.54) is 5.56 Å². The molecule has 11 nitrogen and oxygen atoms in total. The van der Waals surface area contributed by atoms with Gasteiger partial charge in [0.1, 0.15) is 23.6 Å². The highest BCUT2D eigenvalue weighted by Crippen LogP contribution is 2.50. The maximum absolute atomic E-state index is 17.6. The normalized spacial score (nSPS) is 26.8. The van der Waals surface area contributed by atoms with Crippen LogP contribution in [0.15, 0.2) is 48.8 Å². The number of nitrogens with zero attached hydrogens (tertiary/aromatic N) is 7. The number of aryl methyl sites for hydroxylation is 1. The average Bonchev–Trinajstić information content (AvgIpc) is 3.87. The van der Waals surface area contributed by atoms with E-state index in [4.69, 9.17) is 34.3 Å². The van der Waals surface area contributed by atoms with Crippen LogP contribution < -0.4 is 9.64 Å². The Morgan fingerprint density at radius 2 is 1.86 bits per heavy atom. The van der Waals surface area contributed by atoms with Crippen molar-refractivity contribution in [1.29, 1.82) is 0 Å². The molecule has 5 aliphatic rings. The predicted octanol–water partition coefficient (Wildman–Crippen LogP) is 7.62. The average molecular weight is 762 g/mol. The van der Waals surface area contributed by atoms with Crippen molar-refractivity contribution in [3.8, 4) is 17.3 Å². The van der Waals surface area contributed by atoms with Crippen LogP contribution in [0.3, 0.4) is 0 Å². The first-order valence-electron chi connectivity index (χ1n) is 20.7. The van der Waals surface area contributed by atoms with Gasteiger partial charge in [-0.3, -0.25) is 9.88 Å². The third-order valence-corrected chi connectivity index (χ3v) is 13.0. The van der Waals surface area contributed by atoms with Crippen molar-refractivity contribution in [2.45, 2.75) is 114 Å². The highest BCUT2D eigenvalue weighted by atomic mass is 19.1. The number of aliphatic hydroxyl groups is 1. The van der Waals surface area contributed by atoms with Gasteiger partial charge in [0, 0.05) is 42.9 Å². The fraction of sp³-hybridized carbons (Fsp3) is 0.545. The molecular weight excluding hydrogens is 710 g/mol. The van der Waals surface area contributed by atoms with E-state index in [0.29, 0.717) is 69.1 Å². The van der Waals surface area contributed by atoms with Gasteiger partial charge in [-0.15, -0.1) is 0 Å². The molecule has 56 heavy (non-hydrogen) atoms. The van der Waals surface area contributed by atoms with Crippen molar-refractivity contribution in [2.75, 3.05) is 44.4 Å². The van der Waals surface area contributed by atoms with Crippen molar-refractivity contribution in [3.05, 3.63) is 71.3 Å². The molecule has 4 saturated heterocycles. The molecule has 1 unspecified atom stereocenters. The van der Waals surface area contributed by atoms with Crippen molar-refractivity contribution in [2.24, 2.45) is 0 Å². The molecule has 5 fully saturated rings. The highest BCUT2D eigenvalue weighted by Gasteiger charge is 2.55. The summed E-state index contributed by atoms with van der Waals surface area (Å²) < 4.78 is 38.4. The third-order valence-electron chi connectivity index (χ3n) is 13.0. The van der Waals surface area contributed by atoms with Crippen LogP contribution in [0.1, 0.15) is 100.0 Å². The van der Waals surface area contributed by atoms with Crippen LogP contribution >= 0.6 is 0 Å². The molecule has 3 aromatic heterocycles. The van der Waals surface area contributed by atoms with Gasteiger partial charge < -0.3 is 24.2 Å². The number of β-amino-alcohol motifs (C(OH)–C–C–N with tert-alkyl or cyclic N) is 1. The molecule has 12 heteroatoms. The minimum absolute atomic E-state index is 0.120. The Morgan fingerprint density at radius 1 is 1.00 bits per heavy atom. The molecule has 2 aromatic carbocycles. The van der Waals surface area contributed by atoms with E-state index in [1.54, 1.807) is 6.20 Å². The SMILES string of the molecule is Cc1cc2c(cnn2C2CCCCO2)c(-c2ncc3c(N4CCC[C@@](C)(O)C4)nc(OC[C@@]45CCCN4[C@@H](COCc4ccccc4)C5)nc3c2F)c1C1CC1. The smallest absolute Gasteiger partial charge is 0.319 e. The Hall–Kier alpha value is -4.23. The van der Waals surface area contributed by atoms with E-state index in [2.05, 4.69) is 30.0 Å². The molecule has 4 atom stereocenters. The summed E-state index contributed by atoms with van der Waals surface area (Å²) in [5.74, 6) is 0.401. The van der Waals surface area contributed by atoms with Crippen LogP contribution in [-0.4, -0.2) is 91.4 Å². The van der Waals surface area contributed by atoms with Crippen molar-refractivity contribution in [3.63, 3.8) is 0 Å². The summed E-state index contributed by atoms with van der Waals surface area (Å²) in [6.45, 7) is 8.41. The number of rotatable bonds is 11. The third kappa shape index (κ3) is 6.52. The van der Waals surface area contributed by atoms with Crippen molar-refractivity contribution >= 4 is 27.6 Å². The number of anilines is 1. The predicted molar refractivity (Wildman–Crippen MR) is 212 cm³/mol. The van der Waals surface area contributed by atoms with E-state index in [0.717, 1.165) is 91.9 Å². The molecule has 1 aliphatic carbocycles. The van der Waals surface area contributed by atoms with Crippen LogP contribution in [0.25, 0.3) is 33.1 Å². The first-order valence-corrected chi connectivity index (χ1v) is 20.7. The lowest BCUT2D eigenvalue weighted by molar-refractivity contribution is -0.0990. The molecule has 0 amide bonds. The summed E-state index contributed by atoms with van der Waals surface area (Å²) in [5.41, 5.74) is 4.59. The van der Waals surface area contributed by atoms with Crippen LogP contribution in [0.5, 0.6) is 6.01 Å². The van der Waals surface area contributed by atoms with Crippen molar-refractivity contribution in [1.82, 2.24) is 29.6 Å². The zero-order chi connectivity index (χ0) is 38.0. The van der Waals surface area contributed by atoms with Crippen LogP contribution in [0.4, 0.5) is 10.2 Å². The number of ether oxygens (including phenoxy) is 3. The van der Waals surface area contributed by atoms with E-state index < -0.39 is 11.4 Å². The second-order valence-corrected chi connectivity index (χ2v) is 17.3. The number of hydrogen-bond donors (Lipinski definition) is 1. The quantitative estimate of drug-likeness (QED) is 0.144. The van der Waals surface area contributed by atoms with E-state index in [1.807, 2.05) is 40.9 Å². The molecule has 0 radical (unpaired) electrons. The highest BCUT2D eigenvalue weighted by molar-refractivity contribution is 6.00. The van der Waals surface area contributed by atoms with Crippen molar-refractivity contribution < 1.29 is 23.7 Å². The summed E-state index contributed by atoms with van der Waals surface area (Å²) in [6.07, 6.45) is 13.1. The lowest BCUT2D eigenvalue weighted by Gasteiger charge is -2.54. The summed E-state index contributed by atoms with van der Waals surface area (Å²) in [4.78, 5) is 19.3. The van der Waals surface area contributed by atoms with E-state index >= 15 is 4.39 Å². The zero-order valence-corrected chi connectivity index (χ0v) is 32.6. The fourth-order valence-corrected chi connectivity index (χ4v) is 10.2. The first-order chi connectivity index (χ1) is 27.3. The van der Waals surface area contributed by atoms with Gasteiger partial charge in [-0.05, 0) is 113 Å². The molecule has 0 bridgehead atoms. The number of fused-ring (bicyclic) bond motifs is 3. The van der Waals surface area contributed by atoms with Gasteiger partial charge in [0.25, 0.3) is 0 Å². The van der Waals surface area contributed by atoms with Gasteiger partial charge in [0.15, 0.2) is 12.0 Å². The topological polar surface area (TPSA) is 111 Å². The fourth-order valence-electron chi connectivity index (χ4n) is 10.2. The van der Waals surface area contributed by atoms with Gasteiger partial charge in [0.2, 0.25) is 0 Å². The summed E-state index contributed by atoms with van der Waals surface area (Å²) in [6, 6.07) is 13.0. The molecule has 10 rings (SSSR count). The second-order valence-electron chi connectivity index (χ2n) is 17.3. The van der Waals surface area contributed by atoms with E-state index in [-0.39, 0.29) is 29.0 Å². The molecule has 7 heterocycles. The van der Waals surface area contributed by atoms with Gasteiger partial charge in [0.05, 0.1) is 41.5 Å². The summed E-state index contributed by atoms with van der Waals surface area (Å²) in [5, 5.41) is 17.4. The Morgan fingerprint density at radius 3 is 2.66 bits per heavy atom. The largest absolute Gasteiger partial charge is 0.461 e. The maximum atomic E-state index is 17.6. The van der Waals surface area contributed by atoms with Crippen LogP contribution in [0, 0.1) is 12.7 Å². The number of aromatic nitrogens is 5. The number of halogens is 1. The Balaban J connectivity index is 1.00. The molecule has 294 valence electrons. The van der Waals surface area contributed by atoms with Gasteiger partial charge in [-0.25, -0.2) is 9.07 Å². The first kappa shape index (κ1) is 36.1. The molecule has 0 spiro atoms. The second kappa shape index (κ2) is 14.3. The number of piperidine rings is 1. The Bertz CT molecular complexity index is 2260. The van der Waals surface area contributed by atoms with Crippen LogP contribution in [0.2, 0.25) is 0 Å². The lowest BCUT2D eigenvalue weighted by Crippen LogP contribution is -2.66. The van der Waals surface area contributed by atoms with Crippen LogP contribution in [-0.2, 0) is 16.1 Å². The molecular formula is C44H52FN7O4. The number of hydrogen-bond acceptors (Lipinski definition) is 10. The van der Waals surface area contributed by atoms with E-state index in [9.17, 15) is 5.11 Å². The summed E-state index contributed by atoms with van der Waals surface area (Å²) in [7, 11) is 0. The standard InChI is InChI=1S/C44H52FN7O4/c1-28-20-34-32(23-47-52(34)35-12-6-7-19-55-35)37(36(28)30-13-14-30)40-38(45)39-33(22-46-40)41(50-17-8-15-43(2,53)26-50)49-42(48-39)56-27-44-16-9-18-51(44)31(21-44)25-54-24-29-10-4-3-5-11-29/h3-5,10-11,20,22-23,30-31,35,53H,6-9,12-19,21,24-27H2,1-2H3/t31-,35?,43-,44+/m1/s1. The molecule has 4 aliphatic heterocycles. The number of benzene rings is 2. The monoisotopic (exact) mass is 761 g/mol. The molecule has 1 saturated carbocycles.